The van der Waals surface area contributed by atoms with E-state index in [0.29, 0.717) is 30.3 Å². The molecule has 0 heterocycles. The Morgan fingerprint density at radius 2 is 1.70 bits per heavy atom. The molecule has 6 heteroatoms. The molecule has 2 aromatic carbocycles. The van der Waals surface area contributed by atoms with Crippen LogP contribution in [0.25, 0.3) is 0 Å². The minimum absolute atomic E-state index is 0.0852. The van der Waals surface area contributed by atoms with E-state index in [1.165, 1.54) is 6.21 Å². The number of nitrogens with zero attached hydrogens (tertiary/aromatic N) is 1. The van der Waals surface area contributed by atoms with Gasteiger partial charge < -0.3 is 24.2 Å². The lowest BCUT2D eigenvalue weighted by Gasteiger charge is -2.23. The number of benzene rings is 2. The van der Waals surface area contributed by atoms with Crippen LogP contribution in [0.4, 0.5) is 0 Å². The van der Waals surface area contributed by atoms with Gasteiger partial charge in [0.1, 0.15) is 24.7 Å². The first-order chi connectivity index (χ1) is 12.9. The zero-order valence-corrected chi connectivity index (χ0v) is 16.5. The van der Waals surface area contributed by atoms with E-state index < -0.39 is 0 Å². The highest BCUT2D eigenvalue weighted by molar-refractivity contribution is 5.84. The Labute approximate surface area is 160 Å². The van der Waals surface area contributed by atoms with E-state index in [2.05, 4.69) is 25.9 Å². The van der Waals surface area contributed by atoms with E-state index in [1.54, 1.807) is 32.4 Å². The number of hydrogen-bond donors (Lipinski definition) is 1. The van der Waals surface area contributed by atoms with Gasteiger partial charge in [-0.2, -0.15) is 0 Å². The van der Waals surface area contributed by atoms with Gasteiger partial charge in [-0.05, 0) is 35.7 Å². The van der Waals surface area contributed by atoms with Crippen LogP contribution in [0.15, 0.2) is 41.6 Å². The van der Waals surface area contributed by atoms with Crippen molar-refractivity contribution in [2.45, 2.75) is 26.2 Å². The normalized spacial score (nSPS) is 11.4. The molecule has 0 bridgehead atoms. The third-order valence-corrected chi connectivity index (χ3v) is 4.01. The molecule has 0 saturated carbocycles. The van der Waals surface area contributed by atoms with Crippen LogP contribution in [0.5, 0.6) is 23.0 Å². The van der Waals surface area contributed by atoms with Crippen molar-refractivity contribution in [2.24, 2.45) is 5.16 Å². The fraction of sp³-hybridized carbons (Fsp3) is 0.381. The van der Waals surface area contributed by atoms with Crippen molar-refractivity contribution >= 4 is 6.21 Å². The maximum Gasteiger partial charge on any atom is 0.170 e. The Balaban J connectivity index is 2.08. The fourth-order valence-electron chi connectivity index (χ4n) is 2.66. The summed E-state index contributed by atoms with van der Waals surface area (Å²) < 4.78 is 22.4. The van der Waals surface area contributed by atoms with Crippen LogP contribution < -0.4 is 18.9 Å². The van der Waals surface area contributed by atoms with Gasteiger partial charge in [-0.1, -0.05) is 32.0 Å². The van der Waals surface area contributed by atoms with Crippen LogP contribution in [0.1, 0.15) is 31.9 Å². The van der Waals surface area contributed by atoms with E-state index in [0.717, 1.165) is 17.1 Å². The summed E-state index contributed by atoms with van der Waals surface area (Å²) >= 11 is 0. The molecule has 6 nitrogen and oxygen atoms in total. The highest BCUT2D eigenvalue weighted by atomic mass is 16.5. The quantitative estimate of drug-likeness (QED) is 0.324. The summed E-state index contributed by atoms with van der Waals surface area (Å²) in [6.07, 6.45) is 1.31. The molecule has 0 aliphatic rings. The molecule has 0 fully saturated rings. The highest BCUT2D eigenvalue weighted by Gasteiger charge is 2.20. The van der Waals surface area contributed by atoms with Crippen LogP contribution in [0.3, 0.4) is 0 Å². The lowest BCUT2D eigenvalue weighted by Crippen LogP contribution is -2.16. The van der Waals surface area contributed by atoms with Gasteiger partial charge in [-0.25, -0.2) is 0 Å². The van der Waals surface area contributed by atoms with Crippen molar-refractivity contribution in [2.75, 3.05) is 27.4 Å². The molecule has 0 aromatic heterocycles. The molecule has 0 saturated heterocycles. The summed E-state index contributed by atoms with van der Waals surface area (Å²) in [5, 5.41) is 11.9. The summed E-state index contributed by atoms with van der Waals surface area (Å²) in [7, 11) is 3.21. The molecule has 146 valence electrons. The smallest absolute Gasteiger partial charge is 0.170 e. The second-order valence-electron chi connectivity index (χ2n) is 6.93. The van der Waals surface area contributed by atoms with Gasteiger partial charge in [-0.15, -0.1) is 0 Å². The Morgan fingerprint density at radius 3 is 2.33 bits per heavy atom. The Bertz CT molecular complexity index is 781. The average molecular weight is 373 g/mol. The van der Waals surface area contributed by atoms with Gasteiger partial charge >= 0.3 is 0 Å². The van der Waals surface area contributed by atoms with Gasteiger partial charge in [0.15, 0.2) is 11.5 Å². The Morgan fingerprint density at radius 1 is 0.963 bits per heavy atom. The maximum absolute atomic E-state index is 8.82. The van der Waals surface area contributed by atoms with Crippen molar-refractivity contribution in [3.63, 3.8) is 0 Å². The topological polar surface area (TPSA) is 69.5 Å². The molecular formula is C21H27NO5. The summed E-state index contributed by atoms with van der Waals surface area (Å²) in [6, 6.07) is 11.1. The molecule has 0 aliphatic carbocycles. The van der Waals surface area contributed by atoms with E-state index >= 15 is 0 Å². The number of methoxy groups -OCH3 is 2. The standard InChI is InChI=1S/C21H27NO5/c1-21(2,3)17-13-16(24-4)9-10-18(17)26-11-12-27-20-15(14-22-23)7-6-8-19(20)25-5/h6-10,13-14,23H,11-12H2,1-5H3. The SMILES string of the molecule is COc1ccc(OCCOc2c(C=NO)cccc2OC)c(C(C)(C)C)c1. The second-order valence-corrected chi connectivity index (χ2v) is 6.93. The molecule has 0 amide bonds. The van der Waals surface area contributed by atoms with Crippen LogP contribution >= 0.6 is 0 Å². The number of rotatable bonds is 8. The van der Waals surface area contributed by atoms with Crippen molar-refractivity contribution in [3.8, 4) is 23.0 Å². The van der Waals surface area contributed by atoms with E-state index in [1.807, 2.05) is 18.2 Å². The van der Waals surface area contributed by atoms with E-state index in [-0.39, 0.29) is 5.41 Å². The third kappa shape index (κ3) is 5.29. The van der Waals surface area contributed by atoms with Crippen LogP contribution in [0.2, 0.25) is 0 Å². The second kappa shape index (κ2) is 9.16. The van der Waals surface area contributed by atoms with E-state index in [9.17, 15) is 0 Å². The monoisotopic (exact) mass is 373 g/mol. The first kappa shape index (κ1) is 20.4. The van der Waals surface area contributed by atoms with Crippen molar-refractivity contribution < 1.29 is 24.2 Å². The highest BCUT2D eigenvalue weighted by Crippen LogP contribution is 2.34. The summed E-state index contributed by atoms with van der Waals surface area (Å²) in [6.45, 7) is 7.03. The number of hydrogen-bond acceptors (Lipinski definition) is 6. The number of ether oxygens (including phenoxy) is 4. The molecular weight excluding hydrogens is 346 g/mol. The predicted molar refractivity (Wildman–Crippen MR) is 105 cm³/mol. The Hall–Kier alpha value is -2.89. The first-order valence-electron chi connectivity index (χ1n) is 8.69. The average Bonchev–Trinajstić information content (AvgIpc) is 2.65. The van der Waals surface area contributed by atoms with Crippen LogP contribution in [0, 0.1) is 0 Å². The lowest BCUT2D eigenvalue weighted by atomic mass is 9.86. The minimum atomic E-state index is -0.0852. The predicted octanol–water partition coefficient (Wildman–Crippen LogP) is 4.27. The number of oxime groups is 1. The zero-order valence-electron chi connectivity index (χ0n) is 16.5. The number of para-hydroxylation sites is 1. The minimum Gasteiger partial charge on any atom is -0.497 e. The van der Waals surface area contributed by atoms with Gasteiger partial charge in [0.05, 0.1) is 20.4 Å². The van der Waals surface area contributed by atoms with Crippen LogP contribution in [-0.2, 0) is 5.41 Å². The van der Waals surface area contributed by atoms with Crippen molar-refractivity contribution in [1.82, 2.24) is 0 Å². The van der Waals surface area contributed by atoms with Gasteiger partial charge in [0, 0.05) is 11.1 Å². The fourth-order valence-corrected chi connectivity index (χ4v) is 2.66. The molecule has 0 unspecified atom stereocenters. The molecule has 0 spiro atoms. The lowest BCUT2D eigenvalue weighted by molar-refractivity contribution is 0.208. The largest absolute Gasteiger partial charge is 0.497 e. The van der Waals surface area contributed by atoms with Crippen molar-refractivity contribution in [1.29, 1.82) is 0 Å². The first-order valence-corrected chi connectivity index (χ1v) is 8.69. The molecule has 0 radical (unpaired) electrons. The molecule has 2 aromatic rings. The molecule has 2 rings (SSSR count). The Kier molecular flexibility index (Phi) is 6.93. The van der Waals surface area contributed by atoms with Crippen molar-refractivity contribution in [3.05, 3.63) is 47.5 Å². The summed E-state index contributed by atoms with van der Waals surface area (Å²) in [4.78, 5) is 0. The van der Waals surface area contributed by atoms with E-state index in [4.69, 9.17) is 24.2 Å². The van der Waals surface area contributed by atoms with Gasteiger partial charge in [0.25, 0.3) is 0 Å². The molecule has 1 N–H and O–H groups in total. The molecule has 0 atom stereocenters. The van der Waals surface area contributed by atoms with Crippen LogP contribution in [-0.4, -0.2) is 38.9 Å². The molecule has 0 aliphatic heterocycles. The maximum atomic E-state index is 8.82. The van der Waals surface area contributed by atoms with Gasteiger partial charge in [0.2, 0.25) is 0 Å². The molecule has 27 heavy (non-hydrogen) atoms. The summed E-state index contributed by atoms with van der Waals surface area (Å²) in [5.41, 5.74) is 1.60. The zero-order chi connectivity index (χ0) is 19.9. The third-order valence-electron chi connectivity index (χ3n) is 4.01. The van der Waals surface area contributed by atoms with Gasteiger partial charge in [-0.3, -0.25) is 0 Å². The summed E-state index contributed by atoms with van der Waals surface area (Å²) in [5.74, 6) is 2.66.